The summed E-state index contributed by atoms with van der Waals surface area (Å²) in [7, 11) is 0. The van der Waals surface area contributed by atoms with Crippen LogP contribution in [0.3, 0.4) is 0 Å². The highest BCUT2D eigenvalue weighted by Crippen LogP contribution is 2.64. The van der Waals surface area contributed by atoms with Gasteiger partial charge in [-0.15, -0.1) is 0 Å². The Labute approximate surface area is 178 Å². The molecule has 0 aromatic rings. The van der Waals surface area contributed by atoms with Gasteiger partial charge in [-0.1, -0.05) is 6.92 Å². The van der Waals surface area contributed by atoms with Crippen molar-refractivity contribution in [2.75, 3.05) is 19.8 Å². The number of hydrogen-bond donors (Lipinski definition) is 2. The van der Waals surface area contributed by atoms with Crippen LogP contribution >= 0.6 is 0 Å². The number of aliphatic hydroxyl groups excluding tert-OH is 1. The second kappa shape index (κ2) is 8.11. The lowest BCUT2D eigenvalue weighted by atomic mass is 9.65. The number of fused-ring (bicyclic) bond motifs is 1. The van der Waals surface area contributed by atoms with Gasteiger partial charge in [0.2, 0.25) is 11.8 Å². The van der Waals surface area contributed by atoms with Gasteiger partial charge in [-0.3, -0.25) is 14.4 Å². The molecular formula is C22H36N2O6. The maximum Gasteiger partial charge on any atom is 0.312 e. The lowest BCUT2D eigenvalue weighted by Crippen LogP contribution is -2.58. The predicted octanol–water partition coefficient (Wildman–Crippen LogP) is 1.39. The zero-order valence-electron chi connectivity index (χ0n) is 18.8. The summed E-state index contributed by atoms with van der Waals surface area (Å²) in [6, 6.07) is -0.791. The average Bonchev–Trinajstić information content (AvgIpc) is 3.25. The fourth-order valence-electron chi connectivity index (χ4n) is 5.68. The first kappa shape index (κ1) is 23.0. The number of hydrogen-bond acceptors (Lipinski definition) is 6. The van der Waals surface area contributed by atoms with E-state index in [4.69, 9.17) is 14.6 Å². The van der Waals surface area contributed by atoms with Gasteiger partial charge in [0.25, 0.3) is 0 Å². The first-order valence-corrected chi connectivity index (χ1v) is 11.2. The van der Waals surface area contributed by atoms with Gasteiger partial charge in [0.05, 0.1) is 18.1 Å². The maximum atomic E-state index is 13.6. The number of aliphatic hydroxyl groups is 1. The van der Waals surface area contributed by atoms with Crippen molar-refractivity contribution in [2.24, 2.45) is 11.8 Å². The molecule has 2 amide bonds. The first-order valence-electron chi connectivity index (χ1n) is 11.2. The van der Waals surface area contributed by atoms with Gasteiger partial charge in [-0.2, -0.15) is 0 Å². The van der Waals surface area contributed by atoms with E-state index in [1.807, 2.05) is 27.7 Å². The summed E-state index contributed by atoms with van der Waals surface area (Å²) in [5.41, 5.74) is -2.24. The summed E-state index contributed by atoms with van der Waals surface area (Å²) < 4.78 is 11.9. The SMILES string of the molecule is CCOC(=O)[C@@H]1[C@H]2C(=O)N(CCCCO)C(C(=O)NC(C)(C)C)C23CC[C@@]1(CC)O3. The molecular weight excluding hydrogens is 388 g/mol. The van der Waals surface area contributed by atoms with Crippen LogP contribution in [0.25, 0.3) is 0 Å². The van der Waals surface area contributed by atoms with Crippen LogP contribution in [0.15, 0.2) is 0 Å². The molecule has 0 aromatic carbocycles. The lowest BCUT2D eigenvalue weighted by Gasteiger charge is -2.35. The van der Waals surface area contributed by atoms with E-state index in [1.165, 1.54) is 0 Å². The molecule has 5 atom stereocenters. The van der Waals surface area contributed by atoms with Crippen LogP contribution in [0, 0.1) is 11.8 Å². The molecule has 30 heavy (non-hydrogen) atoms. The quantitative estimate of drug-likeness (QED) is 0.451. The molecule has 3 saturated heterocycles. The second-order valence-electron chi connectivity index (χ2n) is 9.79. The third kappa shape index (κ3) is 3.51. The number of amides is 2. The number of nitrogens with zero attached hydrogens (tertiary/aromatic N) is 1. The Balaban J connectivity index is 2.03. The molecule has 0 saturated carbocycles. The molecule has 0 aromatic heterocycles. The number of carbonyl (C=O) groups excluding carboxylic acids is 3. The van der Waals surface area contributed by atoms with Crippen LogP contribution in [-0.4, -0.2) is 70.3 Å². The van der Waals surface area contributed by atoms with E-state index in [0.29, 0.717) is 38.6 Å². The van der Waals surface area contributed by atoms with Crippen molar-refractivity contribution in [3.8, 4) is 0 Å². The largest absolute Gasteiger partial charge is 0.466 e. The normalized spacial score (nSPS) is 34.9. The van der Waals surface area contributed by atoms with Gasteiger partial charge in [0, 0.05) is 18.7 Å². The van der Waals surface area contributed by atoms with Crippen LogP contribution < -0.4 is 5.32 Å². The minimum absolute atomic E-state index is 0.0242. The third-order valence-corrected chi connectivity index (χ3v) is 6.78. The summed E-state index contributed by atoms with van der Waals surface area (Å²) in [6.07, 6.45) is 2.88. The molecule has 3 aliphatic rings. The van der Waals surface area contributed by atoms with Crippen molar-refractivity contribution in [1.29, 1.82) is 0 Å². The number of nitrogens with one attached hydrogen (secondary N) is 1. The molecule has 3 fully saturated rings. The molecule has 0 aliphatic carbocycles. The highest BCUT2D eigenvalue weighted by atomic mass is 16.6. The smallest absolute Gasteiger partial charge is 0.312 e. The van der Waals surface area contributed by atoms with E-state index in [0.717, 1.165) is 0 Å². The molecule has 3 heterocycles. The second-order valence-corrected chi connectivity index (χ2v) is 9.79. The van der Waals surface area contributed by atoms with Gasteiger partial charge in [-0.25, -0.2) is 0 Å². The van der Waals surface area contributed by atoms with Crippen molar-refractivity contribution in [3.05, 3.63) is 0 Å². The lowest BCUT2D eigenvalue weighted by molar-refractivity contribution is -0.160. The summed E-state index contributed by atoms with van der Waals surface area (Å²) in [4.78, 5) is 41.6. The maximum absolute atomic E-state index is 13.6. The molecule has 2 unspecified atom stereocenters. The van der Waals surface area contributed by atoms with Crippen molar-refractivity contribution in [2.45, 2.75) is 89.5 Å². The molecule has 0 radical (unpaired) electrons. The van der Waals surface area contributed by atoms with Crippen molar-refractivity contribution < 1.29 is 29.0 Å². The number of rotatable bonds is 8. The fraction of sp³-hybridized carbons (Fsp3) is 0.864. The molecule has 3 aliphatic heterocycles. The van der Waals surface area contributed by atoms with Gasteiger partial charge >= 0.3 is 5.97 Å². The number of unbranched alkanes of at least 4 members (excludes halogenated alkanes) is 1. The molecule has 2 bridgehead atoms. The van der Waals surface area contributed by atoms with E-state index in [-0.39, 0.29) is 25.0 Å². The minimum Gasteiger partial charge on any atom is -0.466 e. The minimum atomic E-state index is -1.01. The Morgan fingerprint density at radius 1 is 1.27 bits per heavy atom. The van der Waals surface area contributed by atoms with Gasteiger partial charge in [0.1, 0.15) is 17.6 Å². The summed E-state index contributed by atoms with van der Waals surface area (Å²) in [6.45, 7) is 10.0. The molecule has 8 heteroatoms. The van der Waals surface area contributed by atoms with E-state index < -0.39 is 40.6 Å². The predicted molar refractivity (Wildman–Crippen MR) is 109 cm³/mol. The van der Waals surface area contributed by atoms with Gasteiger partial charge in [0.15, 0.2) is 0 Å². The Morgan fingerprint density at radius 3 is 2.53 bits per heavy atom. The molecule has 3 rings (SSSR count). The summed E-state index contributed by atoms with van der Waals surface area (Å²) in [5.74, 6) is -2.29. The van der Waals surface area contributed by atoms with Crippen LogP contribution in [0.4, 0.5) is 0 Å². The highest BCUT2D eigenvalue weighted by molar-refractivity contribution is 5.98. The Bertz CT molecular complexity index is 704. The average molecular weight is 425 g/mol. The van der Waals surface area contributed by atoms with Crippen molar-refractivity contribution in [3.63, 3.8) is 0 Å². The standard InChI is InChI=1S/C22H36N2O6/c1-6-21-10-11-22(30-21)14(15(21)19(28)29-7-2)18(27)24(12-8-9-13-25)16(22)17(26)23-20(3,4)5/h14-16,25H,6-13H2,1-5H3,(H,23,26)/t14-,15-,16?,21+,22?/m0/s1. The van der Waals surface area contributed by atoms with Crippen molar-refractivity contribution >= 4 is 17.8 Å². The Hall–Kier alpha value is -1.67. The molecule has 8 nitrogen and oxygen atoms in total. The zero-order chi connectivity index (χ0) is 22.3. The number of ether oxygens (including phenoxy) is 2. The van der Waals surface area contributed by atoms with E-state index in [9.17, 15) is 14.4 Å². The van der Waals surface area contributed by atoms with Crippen LogP contribution in [0.1, 0.15) is 66.7 Å². The van der Waals surface area contributed by atoms with E-state index >= 15 is 0 Å². The first-order chi connectivity index (χ1) is 14.1. The Kier molecular flexibility index (Phi) is 6.22. The van der Waals surface area contributed by atoms with Crippen LogP contribution in [0.5, 0.6) is 0 Å². The molecule has 2 N–H and O–H groups in total. The topological polar surface area (TPSA) is 105 Å². The fourth-order valence-corrected chi connectivity index (χ4v) is 5.68. The zero-order valence-corrected chi connectivity index (χ0v) is 18.8. The molecule has 1 spiro atoms. The summed E-state index contributed by atoms with van der Waals surface area (Å²) >= 11 is 0. The summed E-state index contributed by atoms with van der Waals surface area (Å²) in [5, 5.41) is 12.2. The molecule has 170 valence electrons. The van der Waals surface area contributed by atoms with Gasteiger partial charge in [-0.05, 0) is 59.8 Å². The van der Waals surface area contributed by atoms with Crippen molar-refractivity contribution in [1.82, 2.24) is 10.2 Å². The third-order valence-electron chi connectivity index (χ3n) is 6.78. The van der Waals surface area contributed by atoms with Gasteiger partial charge < -0.3 is 24.8 Å². The van der Waals surface area contributed by atoms with E-state index in [2.05, 4.69) is 5.32 Å². The number of esters is 1. The highest BCUT2D eigenvalue weighted by Gasteiger charge is 2.79. The van der Waals surface area contributed by atoms with E-state index in [1.54, 1.807) is 11.8 Å². The number of carbonyl (C=O) groups is 3. The monoisotopic (exact) mass is 424 g/mol. The number of likely N-dealkylation sites (tertiary alicyclic amines) is 1. The van der Waals surface area contributed by atoms with Crippen LogP contribution in [-0.2, 0) is 23.9 Å². The Morgan fingerprint density at radius 2 is 1.97 bits per heavy atom. The van der Waals surface area contributed by atoms with Crippen LogP contribution in [0.2, 0.25) is 0 Å².